The number of aliphatic imine (C=N–C) groups is 1. The van der Waals surface area contributed by atoms with Crippen LogP contribution in [0.4, 0.5) is 0 Å². The second-order valence-electron chi connectivity index (χ2n) is 7.15. The number of guanidine groups is 1. The quantitative estimate of drug-likeness (QED) is 0.337. The van der Waals surface area contributed by atoms with Crippen molar-refractivity contribution in [3.05, 3.63) is 22.4 Å². The van der Waals surface area contributed by atoms with Gasteiger partial charge < -0.3 is 15.7 Å². The zero-order valence-electron chi connectivity index (χ0n) is 16.7. The van der Waals surface area contributed by atoms with Crippen LogP contribution in [0, 0.1) is 0 Å². The van der Waals surface area contributed by atoms with Crippen LogP contribution in [-0.4, -0.2) is 54.2 Å². The standard InChI is InChI=1S/C19H36N4OS/c1-7-20-18(21-11-9-12-23(15(2)3)16(4)5)22-14-19(6,24)17-10-8-13-25-17/h8,10,13,15-16,24H,7,9,11-12,14H2,1-6H3,(H2,20,21,22). The van der Waals surface area contributed by atoms with Gasteiger partial charge in [-0.3, -0.25) is 4.90 Å². The molecule has 0 aliphatic heterocycles. The van der Waals surface area contributed by atoms with Gasteiger partial charge in [-0.2, -0.15) is 0 Å². The van der Waals surface area contributed by atoms with Crippen molar-refractivity contribution in [3.63, 3.8) is 0 Å². The van der Waals surface area contributed by atoms with Crippen molar-refractivity contribution in [1.29, 1.82) is 0 Å². The molecular weight excluding hydrogens is 332 g/mol. The normalized spacial score (nSPS) is 15.0. The lowest BCUT2D eigenvalue weighted by Gasteiger charge is -2.30. The first kappa shape index (κ1) is 21.9. The number of hydrogen-bond donors (Lipinski definition) is 3. The minimum Gasteiger partial charge on any atom is -0.383 e. The molecular formula is C19H36N4OS. The van der Waals surface area contributed by atoms with Crippen LogP contribution in [0.1, 0.15) is 52.8 Å². The molecule has 1 unspecified atom stereocenters. The van der Waals surface area contributed by atoms with E-state index in [4.69, 9.17) is 0 Å². The van der Waals surface area contributed by atoms with E-state index in [0.29, 0.717) is 18.6 Å². The van der Waals surface area contributed by atoms with E-state index in [1.165, 1.54) is 0 Å². The molecule has 0 fully saturated rings. The molecule has 6 heteroatoms. The summed E-state index contributed by atoms with van der Waals surface area (Å²) in [6.45, 7) is 15.9. The van der Waals surface area contributed by atoms with Crippen molar-refractivity contribution in [3.8, 4) is 0 Å². The summed E-state index contributed by atoms with van der Waals surface area (Å²) in [5.74, 6) is 0.764. The van der Waals surface area contributed by atoms with Crippen molar-refractivity contribution < 1.29 is 5.11 Å². The van der Waals surface area contributed by atoms with Crippen molar-refractivity contribution in [2.75, 3.05) is 26.2 Å². The Morgan fingerprint density at radius 3 is 2.48 bits per heavy atom. The Morgan fingerprint density at radius 2 is 1.96 bits per heavy atom. The summed E-state index contributed by atoms with van der Waals surface area (Å²) in [6.07, 6.45) is 1.06. The number of aliphatic hydroxyl groups is 1. The van der Waals surface area contributed by atoms with Gasteiger partial charge in [0.15, 0.2) is 5.96 Å². The van der Waals surface area contributed by atoms with Crippen LogP contribution in [0.15, 0.2) is 22.5 Å². The topological polar surface area (TPSA) is 59.9 Å². The van der Waals surface area contributed by atoms with Gasteiger partial charge in [0.1, 0.15) is 5.60 Å². The second kappa shape index (κ2) is 10.8. The van der Waals surface area contributed by atoms with E-state index in [-0.39, 0.29) is 0 Å². The maximum Gasteiger partial charge on any atom is 0.191 e. The molecule has 0 aliphatic rings. The van der Waals surface area contributed by atoms with Crippen molar-refractivity contribution in [2.24, 2.45) is 4.99 Å². The minimum atomic E-state index is -0.928. The van der Waals surface area contributed by atoms with Gasteiger partial charge in [-0.1, -0.05) is 6.07 Å². The van der Waals surface area contributed by atoms with E-state index in [1.807, 2.05) is 31.4 Å². The highest BCUT2D eigenvalue weighted by atomic mass is 32.1. The average molecular weight is 369 g/mol. The molecule has 1 aromatic heterocycles. The molecule has 0 aliphatic carbocycles. The van der Waals surface area contributed by atoms with E-state index in [2.05, 4.69) is 48.2 Å². The summed E-state index contributed by atoms with van der Waals surface area (Å²) in [6, 6.07) is 5.02. The lowest BCUT2D eigenvalue weighted by molar-refractivity contribution is 0.0711. The molecule has 0 amide bonds. The molecule has 5 nitrogen and oxygen atoms in total. The number of rotatable bonds is 10. The third kappa shape index (κ3) is 7.75. The first-order valence-corrected chi connectivity index (χ1v) is 10.2. The van der Waals surface area contributed by atoms with Gasteiger partial charge in [0.25, 0.3) is 0 Å². The largest absolute Gasteiger partial charge is 0.383 e. The van der Waals surface area contributed by atoms with E-state index < -0.39 is 5.60 Å². The van der Waals surface area contributed by atoms with Gasteiger partial charge in [-0.25, -0.2) is 4.99 Å². The molecule has 0 aromatic carbocycles. The monoisotopic (exact) mass is 368 g/mol. The molecule has 1 atom stereocenters. The molecule has 1 aromatic rings. The molecule has 0 radical (unpaired) electrons. The molecule has 0 saturated heterocycles. The van der Waals surface area contributed by atoms with Gasteiger partial charge in [0.2, 0.25) is 0 Å². The Kier molecular flexibility index (Phi) is 9.46. The first-order valence-electron chi connectivity index (χ1n) is 9.32. The SMILES string of the molecule is CCNC(=NCC(C)(O)c1cccs1)NCCCN(C(C)C)C(C)C. The Labute approximate surface area is 157 Å². The van der Waals surface area contributed by atoms with Crippen LogP contribution < -0.4 is 10.6 Å². The van der Waals surface area contributed by atoms with Crippen LogP contribution in [0.5, 0.6) is 0 Å². The minimum absolute atomic E-state index is 0.340. The Hall–Kier alpha value is -1.11. The van der Waals surface area contributed by atoms with Crippen LogP contribution in [0.25, 0.3) is 0 Å². The zero-order valence-corrected chi connectivity index (χ0v) is 17.5. The van der Waals surface area contributed by atoms with E-state index in [0.717, 1.165) is 36.9 Å². The second-order valence-corrected chi connectivity index (χ2v) is 8.10. The fourth-order valence-electron chi connectivity index (χ4n) is 2.82. The van der Waals surface area contributed by atoms with Crippen molar-refractivity contribution in [2.45, 2.75) is 65.6 Å². The van der Waals surface area contributed by atoms with Gasteiger partial charge in [0, 0.05) is 36.6 Å². The molecule has 0 saturated carbocycles. The van der Waals surface area contributed by atoms with Crippen LogP contribution >= 0.6 is 11.3 Å². The van der Waals surface area contributed by atoms with Gasteiger partial charge in [-0.05, 0) is 59.4 Å². The molecule has 144 valence electrons. The van der Waals surface area contributed by atoms with Crippen LogP contribution in [0.2, 0.25) is 0 Å². The highest BCUT2D eigenvalue weighted by Gasteiger charge is 2.24. The smallest absolute Gasteiger partial charge is 0.191 e. The summed E-state index contributed by atoms with van der Waals surface area (Å²) in [5.41, 5.74) is -0.928. The van der Waals surface area contributed by atoms with E-state index in [9.17, 15) is 5.11 Å². The van der Waals surface area contributed by atoms with Crippen LogP contribution in [-0.2, 0) is 5.60 Å². The van der Waals surface area contributed by atoms with Crippen LogP contribution in [0.3, 0.4) is 0 Å². The van der Waals surface area contributed by atoms with Gasteiger partial charge in [0.05, 0.1) is 6.54 Å². The number of hydrogen-bond acceptors (Lipinski definition) is 4. The molecule has 1 rings (SSSR count). The molecule has 1 heterocycles. The average Bonchev–Trinajstić information content (AvgIpc) is 3.06. The predicted octanol–water partition coefficient (Wildman–Crippen LogP) is 3.02. The van der Waals surface area contributed by atoms with Crippen molar-refractivity contribution in [1.82, 2.24) is 15.5 Å². The summed E-state index contributed by atoms with van der Waals surface area (Å²) in [7, 11) is 0. The lowest BCUT2D eigenvalue weighted by atomic mass is 10.1. The third-order valence-electron chi connectivity index (χ3n) is 4.15. The number of nitrogens with zero attached hydrogens (tertiary/aromatic N) is 2. The lowest BCUT2D eigenvalue weighted by Crippen LogP contribution is -2.42. The van der Waals surface area contributed by atoms with Gasteiger partial charge >= 0.3 is 0 Å². The highest BCUT2D eigenvalue weighted by Crippen LogP contribution is 2.25. The Morgan fingerprint density at radius 1 is 1.28 bits per heavy atom. The summed E-state index contributed by atoms with van der Waals surface area (Å²) < 4.78 is 0. The Bertz CT molecular complexity index is 490. The number of thiophene rings is 1. The predicted molar refractivity (Wildman–Crippen MR) is 109 cm³/mol. The molecule has 25 heavy (non-hydrogen) atoms. The summed E-state index contributed by atoms with van der Waals surface area (Å²) >= 11 is 1.56. The first-order chi connectivity index (χ1) is 11.8. The Balaban J connectivity index is 2.51. The fraction of sp³-hybridized carbons (Fsp3) is 0.737. The molecule has 0 spiro atoms. The highest BCUT2D eigenvalue weighted by molar-refractivity contribution is 7.10. The zero-order chi connectivity index (χ0) is 18.9. The number of nitrogens with one attached hydrogen (secondary N) is 2. The summed E-state index contributed by atoms with van der Waals surface area (Å²) in [5, 5.41) is 19.2. The van der Waals surface area contributed by atoms with E-state index >= 15 is 0 Å². The molecule has 3 N–H and O–H groups in total. The molecule has 0 bridgehead atoms. The summed E-state index contributed by atoms with van der Waals surface area (Å²) in [4.78, 5) is 8.00. The van der Waals surface area contributed by atoms with Gasteiger partial charge in [-0.15, -0.1) is 11.3 Å². The maximum atomic E-state index is 10.6. The maximum absolute atomic E-state index is 10.6. The van der Waals surface area contributed by atoms with E-state index in [1.54, 1.807) is 11.3 Å². The van der Waals surface area contributed by atoms with Crippen molar-refractivity contribution >= 4 is 17.3 Å². The third-order valence-corrected chi connectivity index (χ3v) is 5.28. The fourth-order valence-corrected chi connectivity index (χ4v) is 3.60.